The molecule has 2 fully saturated rings. The SMILES string of the molecule is CCN1CCCCN1c1ncc(Cl)c(Nc2ccc3c(c2)cc(OCC(=O)NC)c(=O)n3C2CC2)n1. The summed E-state index contributed by atoms with van der Waals surface area (Å²) in [5.41, 5.74) is 1.36. The Hall–Kier alpha value is -3.37. The summed E-state index contributed by atoms with van der Waals surface area (Å²) in [5.74, 6) is 0.973. The molecule has 0 unspecified atom stereocenters. The van der Waals surface area contributed by atoms with Gasteiger partial charge in [0.1, 0.15) is 5.02 Å². The number of halogens is 1. The summed E-state index contributed by atoms with van der Waals surface area (Å²) >= 11 is 6.46. The zero-order chi connectivity index (χ0) is 25.2. The predicted octanol–water partition coefficient (Wildman–Crippen LogP) is 3.49. The van der Waals surface area contributed by atoms with Crippen LogP contribution < -0.4 is 25.9 Å². The van der Waals surface area contributed by atoms with Crippen molar-refractivity contribution in [3.63, 3.8) is 0 Å². The number of benzene rings is 1. The van der Waals surface area contributed by atoms with Crippen molar-refractivity contribution in [1.29, 1.82) is 0 Å². The molecule has 0 bridgehead atoms. The van der Waals surface area contributed by atoms with E-state index in [1.54, 1.807) is 16.8 Å². The minimum atomic E-state index is -0.299. The summed E-state index contributed by atoms with van der Waals surface area (Å²) in [5, 5.41) is 11.4. The lowest BCUT2D eigenvalue weighted by Gasteiger charge is -2.38. The number of pyridine rings is 1. The molecule has 2 N–H and O–H groups in total. The number of anilines is 3. The average molecular weight is 512 g/mol. The second kappa shape index (κ2) is 10.3. The van der Waals surface area contributed by atoms with E-state index in [2.05, 4.69) is 32.6 Å². The van der Waals surface area contributed by atoms with Gasteiger partial charge in [-0.25, -0.2) is 9.99 Å². The first kappa shape index (κ1) is 24.3. The molecule has 3 heterocycles. The Morgan fingerprint density at radius 3 is 2.78 bits per heavy atom. The Labute approximate surface area is 214 Å². The highest BCUT2D eigenvalue weighted by molar-refractivity contribution is 6.32. The van der Waals surface area contributed by atoms with Gasteiger partial charge in [-0.1, -0.05) is 18.5 Å². The number of fused-ring (bicyclic) bond motifs is 1. The van der Waals surface area contributed by atoms with Crippen molar-refractivity contribution in [2.75, 3.05) is 43.6 Å². The van der Waals surface area contributed by atoms with Gasteiger partial charge < -0.3 is 19.9 Å². The first-order chi connectivity index (χ1) is 17.5. The third-order valence-corrected chi connectivity index (χ3v) is 6.80. The number of hydrogen-bond donors (Lipinski definition) is 2. The minimum Gasteiger partial charge on any atom is -0.478 e. The number of carbonyl (C=O) groups excluding carboxylic acids is 1. The maximum Gasteiger partial charge on any atom is 0.293 e. The summed E-state index contributed by atoms with van der Waals surface area (Å²) in [6.07, 6.45) is 5.74. The van der Waals surface area contributed by atoms with E-state index in [0.29, 0.717) is 16.8 Å². The highest BCUT2D eigenvalue weighted by Gasteiger charge is 2.28. The number of ether oxygens (including phenoxy) is 1. The zero-order valence-corrected chi connectivity index (χ0v) is 21.2. The number of amides is 1. The third kappa shape index (κ3) is 4.96. The summed E-state index contributed by atoms with van der Waals surface area (Å²) in [4.78, 5) is 33.9. The topological polar surface area (TPSA) is 105 Å². The van der Waals surface area contributed by atoms with E-state index in [1.165, 1.54) is 7.05 Å². The zero-order valence-electron chi connectivity index (χ0n) is 20.5. The van der Waals surface area contributed by atoms with Gasteiger partial charge in [0.15, 0.2) is 18.2 Å². The van der Waals surface area contributed by atoms with Crippen molar-refractivity contribution < 1.29 is 9.53 Å². The molecule has 2 aliphatic rings. The van der Waals surface area contributed by atoms with Crippen LogP contribution in [0.3, 0.4) is 0 Å². The number of rotatable bonds is 8. The fourth-order valence-corrected chi connectivity index (χ4v) is 4.63. The van der Waals surface area contributed by atoms with Crippen LogP contribution >= 0.6 is 11.6 Å². The standard InChI is InChI=1S/C25H30ClN7O3/c1-3-31-10-4-5-11-32(31)25-28-14-19(26)23(30-25)29-17-6-9-20-16(12-17)13-21(36-15-22(34)27-2)24(35)33(20)18-7-8-18/h6,9,12-14,18H,3-5,7-8,10-11,15H2,1-2H3,(H,27,34)(H,28,29,30). The van der Waals surface area contributed by atoms with Crippen LogP contribution in [0, 0.1) is 0 Å². The number of carbonyl (C=O) groups is 1. The van der Waals surface area contributed by atoms with Crippen molar-refractivity contribution >= 4 is 45.9 Å². The highest BCUT2D eigenvalue weighted by atomic mass is 35.5. The first-order valence-corrected chi connectivity index (χ1v) is 12.7. The molecule has 5 rings (SSSR count). The smallest absolute Gasteiger partial charge is 0.293 e. The summed E-state index contributed by atoms with van der Waals surface area (Å²) < 4.78 is 7.35. The molecular formula is C25H30ClN7O3. The molecule has 0 spiro atoms. The van der Waals surface area contributed by atoms with Crippen LogP contribution in [0.2, 0.25) is 5.02 Å². The van der Waals surface area contributed by atoms with E-state index in [4.69, 9.17) is 21.3 Å². The number of aromatic nitrogens is 3. The Bertz CT molecular complexity index is 1340. The normalized spacial score (nSPS) is 16.2. The Morgan fingerprint density at radius 2 is 2.03 bits per heavy atom. The lowest BCUT2D eigenvalue weighted by atomic mass is 10.1. The van der Waals surface area contributed by atoms with Crippen LogP contribution in [0.15, 0.2) is 35.3 Å². The van der Waals surface area contributed by atoms with Gasteiger partial charge in [0.05, 0.1) is 11.7 Å². The molecule has 1 saturated heterocycles. The third-order valence-electron chi connectivity index (χ3n) is 6.52. The monoisotopic (exact) mass is 511 g/mol. The van der Waals surface area contributed by atoms with E-state index >= 15 is 0 Å². The molecule has 36 heavy (non-hydrogen) atoms. The summed E-state index contributed by atoms with van der Waals surface area (Å²) in [6.45, 7) is 4.62. The number of nitrogens with zero attached hydrogens (tertiary/aromatic N) is 5. The van der Waals surface area contributed by atoms with E-state index in [-0.39, 0.29) is 29.9 Å². The maximum atomic E-state index is 13.1. The molecule has 2 aromatic heterocycles. The Balaban J connectivity index is 1.47. The van der Waals surface area contributed by atoms with Gasteiger partial charge in [-0.3, -0.25) is 14.6 Å². The second-order valence-electron chi connectivity index (χ2n) is 9.02. The van der Waals surface area contributed by atoms with Gasteiger partial charge in [-0.15, -0.1) is 0 Å². The van der Waals surface area contributed by atoms with E-state index in [9.17, 15) is 9.59 Å². The van der Waals surface area contributed by atoms with Gasteiger partial charge in [0.2, 0.25) is 5.95 Å². The maximum absolute atomic E-state index is 13.1. The van der Waals surface area contributed by atoms with E-state index in [0.717, 1.165) is 61.9 Å². The second-order valence-corrected chi connectivity index (χ2v) is 9.43. The van der Waals surface area contributed by atoms with Crippen LogP contribution in [0.25, 0.3) is 10.9 Å². The largest absolute Gasteiger partial charge is 0.478 e. The van der Waals surface area contributed by atoms with Gasteiger partial charge in [-0.05, 0) is 49.9 Å². The number of likely N-dealkylation sites (N-methyl/N-ethyl adjacent to an activating group) is 1. The fraction of sp³-hybridized carbons (Fsp3) is 0.440. The lowest BCUT2D eigenvalue weighted by Crippen LogP contribution is -2.48. The lowest BCUT2D eigenvalue weighted by molar-refractivity contribution is -0.122. The van der Waals surface area contributed by atoms with Crippen LogP contribution in [0.5, 0.6) is 5.75 Å². The first-order valence-electron chi connectivity index (χ1n) is 12.3. The molecule has 10 nitrogen and oxygen atoms in total. The summed E-state index contributed by atoms with van der Waals surface area (Å²) in [7, 11) is 1.53. The predicted molar refractivity (Wildman–Crippen MR) is 140 cm³/mol. The molecule has 1 aromatic carbocycles. The van der Waals surface area contributed by atoms with Gasteiger partial charge in [0.25, 0.3) is 11.5 Å². The minimum absolute atomic E-state index is 0.146. The summed E-state index contributed by atoms with van der Waals surface area (Å²) in [6, 6.07) is 7.58. The van der Waals surface area contributed by atoms with Gasteiger partial charge in [0, 0.05) is 43.8 Å². The van der Waals surface area contributed by atoms with E-state index < -0.39 is 0 Å². The molecule has 1 aliphatic heterocycles. The van der Waals surface area contributed by atoms with E-state index in [1.807, 2.05) is 18.2 Å². The molecule has 3 aromatic rings. The number of hydrazine groups is 1. The Morgan fingerprint density at radius 1 is 1.22 bits per heavy atom. The van der Waals surface area contributed by atoms with Crippen molar-refractivity contribution in [1.82, 2.24) is 24.9 Å². The quantitative estimate of drug-likeness (QED) is 0.473. The van der Waals surface area contributed by atoms with Crippen LogP contribution in [-0.4, -0.2) is 58.7 Å². The van der Waals surface area contributed by atoms with Crippen molar-refractivity contribution in [3.8, 4) is 5.75 Å². The molecule has 1 saturated carbocycles. The van der Waals surface area contributed by atoms with Crippen LogP contribution in [0.4, 0.5) is 17.5 Å². The average Bonchev–Trinajstić information content (AvgIpc) is 3.74. The molecule has 0 atom stereocenters. The fourth-order valence-electron chi connectivity index (χ4n) is 4.49. The molecule has 1 aliphatic carbocycles. The Kier molecular flexibility index (Phi) is 6.97. The van der Waals surface area contributed by atoms with Crippen molar-refractivity contribution in [3.05, 3.63) is 45.8 Å². The van der Waals surface area contributed by atoms with Crippen molar-refractivity contribution in [2.24, 2.45) is 0 Å². The van der Waals surface area contributed by atoms with Crippen molar-refractivity contribution in [2.45, 2.75) is 38.6 Å². The van der Waals surface area contributed by atoms with Gasteiger partial charge >= 0.3 is 0 Å². The number of nitrogens with one attached hydrogen (secondary N) is 2. The molecule has 1 amide bonds. The van der Waals surface area contributed by atoms with Gasteiger partial charge in [-0.2, -0.15) is 4.98 Å². The molecule has 190 valence electrons. The molecule has 0 radical (unpaired) electrons. The molecular weight excluding hydrogens is 482 g/mol. The molecule has 11 heteroatoms. The highest BCUT2D eigenvalue weighted by Crippen LogP contribution is 2.37. The van der Waals surface area contributed by atoms with Crippen LogP contribution in [0.1, 0.15) is 38.6 Å². The van der Waals surface area contributed by atoms with Crippen LogP contribution in [-0.2, 0) is 4.79 Å². The number of hydrogen-bond acceptors (Lipinski definition) is 8.